The number of benzene rings is 1. The molecule has 6 heteroatoms. The van der Waals surface area contributed by atoms with Crippen molar-refractivity contribution in [3.63, 3.8) is 0 Å². The molecule has 0 aliphatic carbocycles. The van der Waals surface area contributed by atoms with Gasteiger partial charge in [-0.1, -0.05) is 11.8 Å². The summed E-state index contributed by atoms with van der Waals surface area (Å²) in [5, 5.41) is 8.11. The van der Waals surface area contributed by atoms with Crippen LogP contribution in [-0.4, -0.2) is 36.3 Å². The SMILES string of the molecule is C=C(C)c1cn(-c2cc(OC)c(OC)c(OC)c2)nn1. The van der Waals surface area contributed by atoms with Gasteiger partial charge in [-0.3, -0.25) is 0 Å². The van der Waals surface area contributed by atoms with Gasteiger partial charge in [0.05, 0.1) is 33.2 Å². The molecule has 0 fully saturated rings. The van der Waals surface area contributed by atoms with Crippen molar-refractivity contribution in [2.45, 2.75) is 6.92 Å². The monoisotopic (exact) mass is 275 g/mol. The summed E-state index contributed by atoms with van der Waals surface area (Å²) in [6.07, 6.45) is 1.79. The zero-order valence-electron chi connectivity index (χ0n) is 12.0. The fourth-order valence-corrected chi connectivity index (χ4v) is 1.79. The highest BCUT2D eigenvalue weighted by Gasteiger charge is 2.15. The molecule has 0 radical (unpaired) electrons. The van der Waals surface area contributed by atoms with E-state index < -0.39 is 0 Å². The smallest absolute Gasteiger partial charge is 0.203 e. The summed E-state index contributed by atoms with van der Waals surface area (Å²) in [6, 6.07) is 3.61. The lowest BCUT2D eigenvalue weighted by Crippen LogP contribution is -2.00. The summed E-state index contributed by atoms with van der Waals surface area (Å²) in [7, 11) is 4.71. The molecule has 0 amide bonds. The molecule has 1 aromatic carbocycles. The van der Waals surface area contributed by atoms with Gasteiger partial charge >= 0.3 is 0 Å². The van der Waals surface area contributed by atoms with E-state index in [9.17, 15) is 0 Å². The molecule has 106 valence electrons. The number of aromatic nitrogens is 3. The maximum atomic E-state index is 5.31. The zero-order chi connectivity index (χ0) is 14.7. The van der Waals surface area contributed by atoms with Crippen LogP contribution < -0.4 is 14.2 Å². The van der Waals surface area contributed by atoms with E-state index in [2.05, 4.69) is 16.9 Å². The van der Waals surface area contributed by atoms with E-state index in [-0.39, 0.29) is 0 Å². The van der Waals surface area contributed by atoms with Crippen molar-refractivity contribution in [2.75, 3.05) is 21.3 Å². The van der Waals surface area contributed by atoms with Crippen molar-refractivity contribution >= 4 is 5.57 Å². The van der Waals surface area contributed by atoms with Crippen molar-refractivity contribution in [3.8, 4) is 22.9 Å². The quantitative estimate of drug-likeness (QED) is 0.838. The highest BCUT2D eigenvalue weighted by atomic mass is 16.5. The molecular weight excluding hydrogens is 258 g/mol. The third-order valence-corrected chi connectivity index (χ3v) is 2.84. The van der Waals surface area contributed by atoms with Gasteiger partial charge < -0.3 is 14.2 Å². The maximum Gasteiger partial charge on any atom is 0.203 e. The van der Waals surface area contributed by atoms with E-state index in [4.69, 9.17) is 14.2 Å². The summed E-state index contributed by atoms with van der Waals surface area (Å²) < 4.78 is 17.5. The van der Waals surface area contributed by atoms with Gasteiger partial charge in [0.25, 0.3) is 0 Å². The van der Waals surface area contributed by atoms with E-state index in [1.807, 2.05) is 6.92 Å². The van der Waals surface area contributed by atoms with Crippen LogP contribution in [-0.2, 0) is 0 Å². The Bertz CT molecular complexity index is 609. The highest BCUT2D eigenvalue weighted by molar-refractivity contribution is 5.60. The molecule has 0 saturated carbocycles. The fourth-order valence-electron chi connectivity index (χ4n) is 1.79. The molecular formula is C14H17N3O3. The first-order valence-corrected chi connectivity index (χ1v) is 5.99. The number of ether oxygens (including phenoxy) is 3. The Kier molecular flexibility index (Phi) is 3.93. The Morgan fingerprint density at radius 3 is 2.10 bits per heavy atom. The van der Waals surface area contributed by atoms with Gasteiger partial charge in [-0.25, -0.2) is 4.68 Å². The second kappa shape index (κ2) is 5.64. The van der Waals surface area contributed by atoms with Gasteiger partial charge in [-0.15, -0.1) is 5.10 Å². The van der Waals surface area contributed by atoms with Crippen LogP contribution in [0.5, 0.6) is 17.2 Å². The number of nitrogens with zero attached hydrogens (tertiary/aromatic N) is 3. The van der Waals surface area contributed by atoms with Gasteiger partial charge in [0, 0.05) is 12.1 Å². The lowest BCUT2D eigenvalue weighted by Gasteiger charge is -2.13. The van der Waals surface area contributed by atoms with Gasteiger partial charge in [-0.2, -0.15) is 0 Å². The van der Waals surface area contributed by atoms with Crippen molar-refractivity contribution in [1.29, 1.82) is 0 Å². The molecule has 0 unspecified atom stereocenters. The summed E-state index contributed by atoms with van der Waals surface area (Å²) in [6.45, 7) is 5.72. The molecule has 2 rings (SSSR count). The highest BCUT2D eigenvalue weighted by Crippen LogP contribution is 2.39. The predicted octanol–water partition coefficient (Wildman–Crippen LogP) is 2.33. The second-order valence-corrected chi connectivity index (χ2v) is 4.21. The first-order valence-electron chi connectivity index (χ1n) is 5.99. The van der Waals surface area contributed by atoms with Gasteiger partial charge in [0.2, 0.25) is 5.75 Å². The van der Waals surface area contributed by atoms with Crippen LogP contribution in [0, 0.1) is 0 Å². The number of allylic oxidation sites excluding steroid dienone is 1. The normalized spacial score (nSPS) is 10.2. The number of methoxy groups -OCH3 is 3. The molecule has 0 N–H and O–H groups in total. The third kappa shape index (κ3) is 2.45. The molecule has 20 heavy (non-hydrogen) atoms. The Balaban J connectivity index is 2.53. The summed E-state index contributed by atoms with van der Waals surface area (Å²) >= 11 is 0. The van der Waals surface area contributed by atoms with Crippen molar-refractivity contribution in [2.24, 2.45) is 0 Å². The minimum Gasteiger partial charge on any atom is -0.493 e. The van der Waals surface area contributed by atoms with Crippen molar-refractivity contribution in [1.82, 2.24) is 15.0 Å². The van der Waals surface area contributed by atoms with Crippen LogP contribution in [0.2, 0.25) is 0 Å². The average molecular weight is 275 g/mol. The molecule has 1 aromatic heterocycles. The Hall–Kier alpha value is -2.50. The van der Waals surface area contributed by atoms with Crippen molar-refractivity contribution in [3.05, 3.63) is 30.6 Å². The lowest BCUT2D eigenvalue weighted by molar-refractivity contribution is 0.324. The van der Waals surface area contributed by atoms with Gasteiger partial charge in [-0.05, 0) is 12.5 Å². The topological polar surface area (TPSA) is 58.4 Å². The van der Waals surface area contributed by atoms with Gasteiger partial charge in [0.15, 0.2) is 11.5 Å². The molecule has 0 aliphatic rings. The molecule has 0 atom stereocenters. The first kappa shape index (κ1) is 13.9. The average Bonchev–Trinajstić information content (AvgIpc) is 2.95. The van der Waals surface area contributed by atoms with E-state index in [1.54, 1.807) is 44.3 Å². The molecule has 2 aromatic rings. The molecule has 0 saturated heterocycles. The summed E-state index contributed by atoms with van der Waals surface area (Å²) in [5.74, 6) is 1.67. The number of hydrogen-bond donors (Lipinski definition) is 0. The minimum atomic E-state index is 0.541. The first-order chi connectivity index (χ1) is 9.60. The van der Waals surface area contributed by atoms with E-state index in [0.717, 1.165) is 17.0 Å². The molecule has 0 aliphatic heterocycles. The van der Waals surface area contributed by atoms with Gasteiger partial charge in [0.1, 0.15) is 5.69 Å². The lowest BCUT2D eigenvalue weighted by atomic mass is 10.2. The molecule has 0 spiro atoms. The minimum absolute atomic E-state index is 0.541. The summed E-state index contributed by atoms with van der Waals surface area (Å²) in [5.41, 5.74) is 2.35. The van der Waals surface area contributed by atoms with Crippen LogP contribution in [0.15, 0.2) is 24.9 Å². The standard InChI is InChI=1S/C14H17N3O3/c1-9(2)11-8-17(16-15-11)10-6-12(18-3)14(20-5)13(7-10)19-4/h6-8H,1H2,2-5H3. The van der Waals surface area contributed by atoms with Crippen LogP contribution in [0.4, 0.5) is 0 Å². The van der Waals surface area contributed by atoms with Crippen LogP contribution >= 0.6 is 0 Å². The Morgan fingerprint density at radius 1 is 1.10 bits per heavy atom. The van der Waals surface area contributed by atoms with E-state index in [0.29, 0.717) is 17.2 Å². The molecule has 1 heterocycles. The summed E-state index contributed by atoms with van der Waals surface area (Å²) in [4.78, 5) is 0. The number of hydrogen-bond acceptors (Lipinski definition) is 5. The fraction of sp³-hybridized carbons (Fsp3) is 0.286. The zero-order valence-corrected chi connectivity index (χ0v) is 12.0. The predicted molar refractivity (Wildman–Crippen MR) is 75.7 cm³/mol. The van der Waals surface area contributed by atoms with Crippen LogP contribution in [0.25, 0.3) is 11.3 Å². The Morgan fingerprint density at radius 2 is 1.70 bits per heavy atom. The third-order valence-electron chi connectivity index (χ3n) is 2.84. The number of rotatable bonds is 5. The van der Waals surface area contributed by atoms with Crippen molar-refractivity contribution < 1.29 is 14.2 Å². The second-order valence-electron chi connectivity index (χ2n) is 4.21. The largest absolute Gasteiger partial charge is 0.493 e. The maximum absolute atomic E-state index is 5.31. The molecule has 6 nitrogen and oxygen atoms in total. The van der Waals surface area contributed by atoms with E-state index in [1.165, 1.54) is 0 Å². The molecule has 0 bridgehead atoms. The van der Waals surface area contributed by atoms with Crippen LogP contribution in [0.3, 0.4) is 0 Å². The Labute approximate surface area is 117 Å². The van der Waals surface area contributed by atoms with E-state index >= 15 is 0 Å². The van der Waals surface area contributed by atoms with Crippen LogP contribution in [0.1, 0.15) is 12.6 Å².